The Hall–Kier alpha value is -1.90. The standard InChI is InChI=1S/C11H10N2O/c1-9-12-7-3-2-5-10-11(14-9)6-4-8-13-10/h2-4,6-8H,1,5H2/b3-2-,12-7-. The first-order valence-corrected chi connectivity index (χ1v) is 4.36. The van der Waals surface area contributed by atoms with Crippen LogP contribution in [0.5, 0.6) is 5.75 Å². The minimum Gasteiger partial charge on any atom is -0.438 e. The Morgan fingerprint density at radius 2 is 2.36 bits per heavy atom. The summed E-state index contributed by atoms with van der Waals surface area (Å²) in [6.45, 7) is 3.67. The molecule has 0 fully saturated rings. The summed E-state index contributed by atoms with van der Waals surface area (Å²) < 4.78 is 5.42. The van der Waals surface area contributed by atoms with Gasteiger partial charge in [-0.15, -0.1) is 0 Å². The molecular weight excluding hydrogens is 176 g/mol. The molecule has 2 heterocycles. The summed E-state index contributed by atoms with van der Waals surface area (Å²) in [6, 6.07) is 3.69. The van der Waals surface area contributed by atoms with Gasteiger partial charge in [-0.05, 0) is 24.8 Å². The van der Waals surface area contributed by atoms with Crippen LogP contribution in [0.4, 0.5) is 0 Å². The van der Waals surface area contributed by atoms with E-state index in [1.807, 2.05) is 24.3 Å². The second kappa shape index (κ2) is 3.87. The Morgan fingerprint density at radius 1 is 1.43 bits per heavy atom. The van der Waals surface area contributed by atoms with Crippen molar-refractivity contribution in [2.24, 2.45) is 4.99 Å². The van der Waals surface area contributed by atoms with Gasteiger partial charge in [-0.1, -0.05) is 6.08 Å². The fraction of sp³-hybridized carbons (Fsp3) is 0.0909. The highest BCUT2D eigenvalue weighted by Gasteiger charge is 2.04. The van der Waals surface area contributed by atoms with E-state index in [2.05, 4.69) is 16.6 Å². The van der Waals surface area contributed by atoms with E-state index < -0.39 is 0 Å². The van der Waals surface area contributed by atoms with E-state index in [9.17, 15) is 0 Å². The summed E-state index contributed by atoms with van der Waals surface area (Å²) in [7, 11) is 0. The third kappa shape index (κ3) is 1.88. The number of hydrogen-bond acceptors (Lipinski definition) is 3. The van der Waals surface area contributed by atoms with E-state index in [1.54, 1.807) is 12.4 Å². The topological polar surface area (TPSA) is 34.5 Å². The lowest BCUT2D eigenvalue weighted by Crippen LogP contribution is -1.96. The van der Waals surface area contributed by atoms with Gasteiger partial charge in [0.25, 0.3) is 0 Å². The molecule has 3 heteroatoms. The number of rotatable bonds is 0. The summed E-state index contributed by atoms with van der Waals surface area (Å²) in [4.78, 5) is 8.21. The van der Waals surface area contributed by atoms with Gasteiger partial charge in [0.15, 0.2) is 5.75 Å². The van der Waals surface area contributed by atoms with Crippen molar-refractivity contribution in [3.8, 4) is 5.75 Å². The largest absolute Gasteiger partial charge is 0.438 e. The zero-order valence-corrected chi connectivity index (χ0v) is 7.68. The lowest BCUT2D eigenvalue weighted by atomic mass is 10.2. The van der Waals surface area contributed by atoms with Crippen molar-refractivity contribution in [2.75, 3.05) is 0 Å². The van der Waals surface area contributed by atoms with Crippen LogP contribution in [0.1, 0.15) is 5.69 Å². The SMILES string of the molecule is C=C1/N=C\C=C/Cc2ncccc2O1. The predicted octanol–water partition coefficient (Wildman–Crippen LogP) is 2.11. The maximum absolute atomic E-state index is 5.42. The molecule has 0 atom stereocenters. The molecule has 2 rings (SSSR count). The fourth-order valence-corrected chi connectivity index (χ4v) is 1.19. The molecule has 0 N–H and O–H groups in total. The molecule has 1 aliphatic heterocycles. The number of aliphatic imine (C=N–C) groups is 1. The first-order chi connectivity index (χ1) is 6.86. The summed E-state index contributed by atoms with van der Waals surface area (Å²) in [6.07, 6.45) is 8.00. The average molecular weight is 186 g/mol. The monoisotopic (exact) mass is 186 g/mol. The molecule has 0 aliphatic carbocycles. The minimum atomic E-state index is 0.380. The van der Waals surface area contributed by atoms with Crippen molar-refractivity contribution in [1.82, 2.24) is 4.98 Å². The van der Waals surface area contributed by atoms with Gasteiger partial charge < -0.3 is 4.74 Å². The molecule has 0 unspecified atom stereocenters. The van der Waals surface area contributed by atoms with Crippen LogP contribution in [-0.4, -0.2) is 11.2 Å². The molecular formula is C11H10N2O. The van der Waals surface area contributed by atoms with Gasteiger partial charge in [-0.25, -0.2) is 4.99 Å². The van der Waals surface area contributed by atoms with E-state index in [1.165, 1.54) is 0 Å². The van der Waals surface area contributed by atoms with E-state index >= 15 is 0 Å². The highest BCUT2D eigenvalue weighted by atomic mass is 16.5. The molecule has 1 aromatic rings. The number of aromatic nitrogens is 1. The van der Waals surface area contributed by atoms with Gasteiger partial charge in [0, 0.05) is 18.8 Å². The van der Waals surface area contributed by atoms with Crippen LogP contribution >= 0.6 is 0 Å². The summed E-state index contributed by atoms with van der Waals surface area (Å²) >= 11 is 0. The van der Waals surface area contributed by atoms with Crippen LogP contribution in [0.2, 0.25) is 0 Å². The Morgan fingerprint density at radius 3 is 3.29 bits per heavy atom. The molecule has 0 saturated heterocycles. The predicted molar refractivity (Wildman–Crippen MR) is 55.3 cm³/mol. The van der Waals surface area contributed by atoms with Crippen LogP contribution < -0.4 is 4.74 Å². The number of ether oxygens (including phenoxy) is 1. The quantitative estimate of drug-likeness (QED) is 0.622. The lowest BCUT2D eigenvalue weighted by Gasteiger charge is -2.06. The minimum absolute atomic E-state index is 0.380. The normalized spacial score (nSPS) is 19.6. The van der Waals surface area contributed by atoms with Gasteiger partial charge in [0.1, 0.15) is 0 Å². The van der Waals surface area contributed by atoms with E-state index in [0.29, 0.717) is 5.88 Å². The van der Waals surface area contributed by atoms with Crippen molar-refractivity contribution in [3.63, 3.8) is 0 Å². The third-order valence-corrected chi connectivity index (χ3v) is 1.83. The second-order valence-electron chi connectivity index (χ2n) is 2.85. The van der Waals surface area contributed by atoms with E-state index in [0.717, 1.165) is 17.9 Å². The average Bonchev–Trinajstić information content (AvgIpc) is 2.27. The number of hydrogen-bond donors (Lipinski definition) is 0. The van der Waals surface area contributed by atoms with Crippen LogP contribution in [0.15, 0.2) is 47.9 Å². The Balaban J connectivity index is 2.39. The van der Waals surface area contributed by atoms with Crippen molar-refractivity contribution in [1.29, 1.82) is 0 Å². The van der Waals surface area contributed by atoms with Gasteiger partial charge in [0.2, 0.25) is 5.88 Å². The first-order valence-electron chi connectivity index (χ1n) is 4.36. The number of allylic oxidation sites excluding steroid dienone is 2. The molecule has 1 aromatic heterocycles. The third-order valence-electron chi connectivity index (χ3n) is 1.83. The maximum atomic E-state index is 5.42. The molecule has 0 radical (unpaired) electrons. The zero-order chi connectivity index (χ0) is 9.80. The zero-order valence-electron chi connectivity index (χ0n) is 7.68. The van der Waals surface area contributed by atoms with Gasteiger partial charge in [0.05, 0.1) is 5.69 Å². The van der Waals surface area contributed by atoms with Crippen molar-refractivity contribution < 1.29 is 4.74 Å². The number of fused-ring (bicyclic) bond motifs is 1. The second-order valence-corrected chi connectivity index (χ2v) is 2.85. The molecule has 0 amide bonds. The molecule has 0 bridgehead atoms. The molecule has 0 aromatic carbocycles. The molecule has 0 spiro atoms. The molecule has 1 aliphatic rings. The van der Waals surface area contributed by atoms with E-state index in [4.69, 9.17) is 4.74 Å². The van der Waals surface area contributed by atoms with Crippen LogP contribution in [0, 0.1) is 0 Å². The summed E-state index contributed by atoms with van der Waals surface area (Å²) in [5.74, 6) is 1.10. The van der Waals surface area contributed by atoms with Crippen LogP contribution in [0.25, 0.3) is 0 Å². The van der Waals surface area contributed by atoms with Crippen LogP contribution in [0.3, 0.4) is 0 Å². The fourth-order valence-electron chi connectivity index (χ4n) is 1.19. The molecule has 3 nitrogen and oxygen atoms in total. The van der Waals surface area contributed by atoms with Gasteiger partial charge >= 0.3 is 0 Å². The van der Waals surface area contributed by atoms with Gasteiger partial charge in [-0.2, -0.15) is 0 Å². The summed E-state index contributed by atoms with van der Waals surface area (Å²) in [5, 5.41) is 0. The van der Waals surface area contributed by atoms with Crippen molar-refractivity contribution in [3.05, 3.63) is 48.6 Å². The maximum Gasteiger partial charge on any atom is 0.212 e. The number of pyridine rings is 1. The summed E-state index contributed by atoms with van der Waals surface area (Å²) in [5.41, 5.74) is 0.899. The highest BCUT2D eigenvalue weighted by Crippen LogP contribution is 2.19. The van der Waals surface area contributed by atoms with Crippen molar-refractivity contribution in [2.45, 2.75) is 6.42 Å². The number of nitrogens with zero attached hydrogens (tertiary/aromatic N) is 2. The lowest BCUT2D eigenvalue weighted by molar-refractivity contribution is 0.418. The molecule has 0 saturated carbocycles. The van der Waals surface area contributed by atoms with Gasteiger partial charge in [-0.3, -0.25) is 4.98 Å². The van der Waals surface area contributed by atoms with Crippen LogP contribution in [-0.2, 0) is 6.42 Å². The first kappa shape index (κ1) is 8.69. The Bertz CT molecular complexity index is 408. The Labute approximate surface area is 82.5 Å². The highest BCUT2D eigenvalue weighted by molar-refractivity contribution is 5.72. The van der Waals surface area contributed by atoms with E-state index in [-0.39, 0.29) is 0 Å². The molecule has 14 heavy (non-hydrogen) atoms. The Kier molecular flexibility index (Phi) is 2.40. The van der Waals surface area contributed by atoms with Crippen molar-refractivity contribution >= 4 is 6.21 Å². The molecule has 70 valence electrons. The smallest absolute Gasteiger partial charge is 0.212 e.